The van der Waals surface area contributed by atoms with Gasteiger partial charge in [0.2, 0.25) is 0 Å². The van der Waals surface area contributed by atoms with E-state index in [1.165, 1.54) is 0 Å². The Hall–Kier alpha value is -0.570. The third-order valence-corrected chi connectivity index (χ3v) is 2.14. The molecule has 0 bridgehead atoms. The summed E-state index contributed by atoms with van der Waals surface area (Å²) >= 11 is 0. The van der Waals surface area contributed by atoms with E-state index in [4.69, 9.17) is 5.11 Å². The highest BCUT2D eigenvalue weighted by Crippen LogP contribution is 2.18. The molecule has 0 aromatic heterocycles. The van der Waals surface area contributed by atoms with Crippen molar-refractivity contribution >= 4 is 5.97 Å². The normalized spacial score (nSPS) is 32.5. The standard InChI is InChI=1S/C7H13NO2/c1-2-5-3-4-8-6(5)7(9)10/h5-6,8H,2-4H2,1H3,(H,9,10)/t5-,6-/m1/s1. The van der Waals surface area contributed by atoms with Gasteiger partial charge >= 0.3 is 5.97 Å². The molecule has 0 aromatic carbocycles. The number of nitrogens with one attached hydrogen (secondary N) is 1. The number of carbonyl (C=O) groups is 1. The van der Waals surface area contributed by atoms with Gasteiger partial charge in [-0.15, -0.1) is 0 Å². The fraction of sp³-hybridized carbons (Fsp3) is 0.857. The van der Waals surface area contributed by atoms with Crippen molar-refractivity contribution in [3.63, 3.8) is 0 Å². The zero-order chi connectivity index (χ0) is 7.56. The second-order valence-electron chi connectivity index (χ2n) is 2.73. The zero-order valence-corrected chi connectivity index (χ0v) is 6.13. The minimum atomic E-state index is -0.704. The minimum Gasteiger partial charge on any atom is -0.480 e. The fourth-order valence-corrected chi connectivity index (χ4v) is 1.49. The molecular weight excluding hydrogens is 130 g/mol. The summed E-state index contributed by atoms with van der Waals surface area (Å²) in [5.74, 6) is -0.359. The first-order valence-corrected chi connectivity index (χ1v) is 3.72. The molecule has 1 saturated heterocycles. The fourth-order valence-electron chi connectivity index (χ4n) is 1.49. The van der Waals surface area contributed by atoms with Gasteiger partial charge in [-0.1, -0.05) is 13.3 Å². The Labute approximate surface area is 60.4 Å². The molecule has 1 aliphatic rings. The van der Waals surface area contributed by atoms with E-state index in [0.717, 1.165) is 19.4 Å². The van der Waals surface area contributed by atoms with Crippen molar-refractivity contribution in [3.8, 4) is 0 Å². The first-order chi connectivity index (χ1) is 4.75. The van der Waals surface area contributed by atoms with Crippen molar-refractivity contribution in [3.05, 3.63) is 0 Å². The van der Waals surface area contributed by atoms with Gasteiger partial charge in [0.15, 0.2) is 0 Å². The molecule has 0 amide bonds. The summed E-state index contributed by atoms with van der Waals surface area (Å²) in [5.41, 5.74) is 0. The molecule has 0 aliphatic carbocycles. The Kier molecular flexibility index (Phi) is 2.27. The van der Waals surface area contributed by atoms with Gasteiger partial charge in [-0.25, -0.2) is 0 Å². The summed E-state index contributed by atoms with van der Waals surface area (Å²) < 4.78 is 0. The lowest BCUT2D eigenvalue weighted by molar-refractivity contribution is -0.140. The van der Waals surface area contributed by atoms with E-state index in [0.29, 0.717) is 5.92 Å². The zero-order valence-electron chi connectivity index (χ0n) is 6.13. The molecule has 2 atom stereocenters. The Morgan fingerprint density at radius 1 is 1.80 bits per heavy atom. The third-order valence-electron chi connectivity index (χ3n) is 2.14. The second-order valence-corrected chi connectivity index (χ2v) is 2.73. The molecule has 1 heterocycles. The number of hydrogen-bond donors (Lipinski definition) is 2. The van der Waals surface area contributed by atoms with Crippen LogP contribution in [0.5, 0.6) is 0 Å². The predicted molar refractivity (Wildman–Crippen MR) is 37.8 cm³/mol. The van der Waals surface area contributed by atoms with Crippen LogP contribution in [0.25, 0.3) is 0 Å². The van der Waals surface area contributed by atoms with Crippen LogP contribution in [0, 0.1) is 5.92 Å². The Morgan fingerprint density at radius 2 is 2.50 bits per heavy atom. The largest absolute Gasteiger partial charge is 0.480 e. The predicted octanol–water partition coefficient (Wildman–Crippen LogP) is 0.459. The van der Waals surface area contributed by atoms with Gasteiger partial charge in [0.25, 0.3) is 0 Å². The smallest absolute Gasteiger partial charge is 0.320 e. The van der Waals surface area contributed by atoms with Crippen LogP contribution in [0.2, 0.25) is 0 Å². The highest BCUT2D eigenvalue weighted by atomic mass is 16.4. The van der Waals surface area contributed by atoms with Crippen LogP contribution >= 0.6 is 0 Å². The van der Waals surface area contributed by atoms with Crippen molar-refractivity contribution in [1.82, 2.24) is 5.32 Å². The van der Waals surface area contributed by atoms with Gasteiger partial charge in [0.05, 0.1) is 0 Å². The van der Waals surface area contributed by atoms with Crippen molar-refractivity contribution in [2.24, 2.45) is 5.92 Å². The lowest BCUT2D eigenvalue weighted by atomic mass is 9.98. The van der Waals surface area contributed by atoms with Crippen molar-refractivity contribution in [1.29, 1.82) is 0 Å². The average Bonchev–Trinajstić information content (AvgIpc) is 2.33. The Bertz CT molecular complexity index is 136. The van der Waals surface area contributed by atoms with Crippen LogP contribution in [-0.4, -0.2) is 23.7 Å². The first kappa shape index (κ1) is 7.54. The Balaban J connectivity index is 2.50. The summed E-state index contributed by atoms with van der Waals surface area (Å²) in [7, 11) is 0. The van der Waals surface area contributed by atoms with Crippen LogP contribution in [0.3, 0.4) is 0 Å². The van der Waals surface area contributed by atoms with E-state index in [2.05, 4.69) is 5.32 Å². The molecule has 0 unspecified atom stereocenters. The maximum absolute atomic E-state index is 10.5. The lowest BCUT2D eigenvalue weighted by Gasteiger charge is -2.11. The van der Waals surface area contributed by atoms with E-state index in [-0.39, 0.29) is 6.04 Å². The molecule has 2 N–H and O–H groups in total. The lowest BCUT2D eigenvalue weighted by Crippen LogP contribution is -2.35. The van der Waals surface area contributed by atoms with Crippen molar-refractivity contribution in [2.45, 2.75) is 25.8 Å². The van der Waals surface area contributed by atoms with Crippen molar-refractivity contribution < 1.29 is 9.90 Å². The maximum atomic E-state index is 10.5. The third kappa shape index (κ3) is 1.29. The molecule has 0 aromatic rings. The first-order valence-electron chi connectivity index (χ1n) is 3.72. The van der Waals surface area contributed by atoms with Crippen LogP contribution in [0.15, 0.2) is 0 Å². The second kappa shape index (κ2) is 3.01. The van der Waals surface area contributed by atoms with Gasteiger partial charge in [0, 0.05) is 0 Å². The van der Waals surface area contributed by atoms with E-state index in [1.54, 1.807) is 0 Å². The highest BCUT2D eigenvalue weighted by Gasteiger charge is 2.30. The van der Waals surface area contributed by atoms with Gasteiger partial charge in [0.1, 0.15) is 6.04 Å². The summed E-state index contributed by atoms with van der Waals surface area (Å²) in [6.07, 6.45) is 1.97. The number of aliphatic carboxylic acids is 1. The number of hydrogen-bond acceptors (Lipinski definition) is 2. The molecule has 3 nitrogen and oxygen atoms in total. The van der Waals surface area contributed by atoms with Gasteiger partial charge < -0.3 is 10.4 Å². The molecule has 0 spiro atoms. The van der Waals surface area contributed by atoms with Crippen LogP contribution in [-0.2, 0) is 4.79 Å². The molecule has 10 heavy (non-hydrogen) atoms. The molecule has 1 aliphatic heterocycles. The average molecular weight is 143 g/mol. The molecule has 0 saturated carbocycles. The van der Waals surface area contributed by atoms with E-state index in [9.17, 15) is 4.79 Å². The number of carboxylic acids is 1. The summed E-state index contributed by atoms with van der Waals surface area (Å²) in [4.78, 5) is 10.5. The highest BCUT2D eigenvalue weighted by molar-refractivity contribution is 5.74. The maximum Gasteiger partial charge on any atom is 0.320 e. The van der Waals surface area contributed by atoms with E-state index in [1.807, 2.05) is 6.92 Å². The topological polar surface area (TPSA) is 49.3 Å². The molecule has 3 heteroatoms. The summed E-state index contributed by atoms with van der Waals surface area (Å²) in [5, 5.41) is 11.6. The Morgan fingerprint density at radius 3 is 2.90 bits per heavy atom. The van der Waals surface area contributed by atoms with E-state index >= 15 is 0 Å². The quantitative estimate of drug-likeness (QED) is 0.590. The molecule has 0 radical (unpaired) electrons. The molecular formula is C7H13NO2. The molecule has 1 rings (SSSR count). The summed E-state index contributed by atoms with van der Waals surface area (Å²) in [6.45, 7) is 2.89. The molecule has 1 fully saturated rings. The van der Waals surface area contributed by atoms with E-state index < -0.39 is 5.97 Å². The summed E-state index contributed by atoms with van der Waals surface area (Å²) in [6, 6.07) is -0.287. The van der Waals surface area contributed by atoms with Gasteiger partial charge in [-0.2, -0.15) is 0 Å². The van der Waals surface area contributed by atoms with Gasteiger partial charge in [-0.3, -0.25) is 4.79 Å². The van der Waals surface area contributed by atoms with Crippen LogP contribution < -0.4 is 5.32 Å². The van der Waals surface area contributed by atoms with Crippen molar-refractivity contribution in [2.75, 3.05) is 6.54 Å². The minimum absolute atomic E-state index is 0.287. The molecule has 58 valence electrons. The van der Waals surface area contributed by atoms with Crippen LogP contribution in [0.4, 0.5) is 0 Å². The monoisotopic (exact) mass is 143 g/mol. The van der Waals surface area contributed by atoms with Crippen LogP contribution in [0.1, 0.15) is 19.8 Å². The van der Waals surface area contributed by atoms with Gasteiger partial charge in [-0.05, 0) is 18.9 Å². The number of rotatable bonds is 2. The SMILES string of the molecule is CC[C@@H]1CCN[C@H]1C(=O)O. The number of carboxylic acid groups (broad SMARTS) is 1.